The number of hydrogen-bond acceptors (Lipinski definition) is 4. The maximum atomic E-state index is 11.2. The van der Waals surface area contributed by atoms with Crippen molar-refractivity contribution in [1.29, 1.82) is 0 Å². The number of rotatable bonds is 2. The molecule has 0 amide bonds. The third kappa shape index (κ3) is 2.32. The Morgan fingerprint density at radius 2 is 2.00 bits per heavy atom. The van der Waals surface area contributed by atoms with Gasteiger partial charge in [-0.25, -0.2) is 8.42 Å². The van der Waals surface area contributed by atoms with Crippen LogP contribution < -0.4 is 0 Å². The molecule has 0 saturated heterocycles. The van der Waals surface area contributed by atoms with Gasteiger partial charge in [0.1, 0.15) is 5.82 Å². The van der Waals surface area contributed by atoms with E-state index in [4.69, 9.17) is 10.7 Å². The van der Waals surface area contributed by atoms with Gasteiger partial charge >= 0.3 is 0 Å². The molecule has 90 valence electrons. The number of aryl methyl sites for hydroxylation is 1. The molecular formula is C10H10ClN3O2S. The van der Waals surface area contributed by atoms with Crippen molar-refractivity contribution in [3.8, 4) is 11.4 Å². The van der Waals surface area contributed by atoms with Crippen molar-refractivity contribution in [2.24, 2.45) is 7.05 Å². The first kappa shape index (κ1) is 12.1. The van der Waals surface area contributed by atoms with E-state index in [0.29, 0.717) is 11.4 Å². The third-order valence-electron chi connectivity index (χ3n) is 2.47. The van der Waals surface area contributed by atoms with Crippen molar-refractivity contribution in [3.63, 3.8) is 0 Å². The molecular weight excluding hydrogens is 262 g/mol. The van der Waals surface area contributed by atoms with Gasteiger partial charge in [-0.3, -0.25) is 0 Å². The average Bonchev–Trinajstić information content (AvgIpc) is 2.59. The molecule has 0 aliphatic carbocycles. The highest BCUT2D eigenvalue weighted by atomic mass is 35.7. The second-order valence-electron chi connectivity index (χ2n) is 3.60. The van der Waals surface area contributed by atoms with Gasteiger partial charge in [0.2, 0.25) is 0 Å². The zero-order valence-corrected chi connectivity index (χ0v) is 10.8. The lowest BCUT2D eigenvalue weighted by molar-refractivity contribution is 0.609. The van der Waals surface area contributed by atoms with E-state index in [9.17, 15) is 8.42 Å². The standard InChI is InChI=1S/C10H10ClN3O2S/c1-7-12-13-10(14(7)2)8-4-3-5-9(6-8)17(11,15)16/h3-6H,1-2H3. The van der Waals surface area contributed by atoms with Gasteiger partial charge in [-0.2, -0.15) is 0 Å². The molecule has 0 aliphatic heterocycles. The fraction of sp³-hybridized carbons (Fsp3) is 0.200. The molecule has 1 heterocycles. The van der Waals surface area contributed by atoms with Crippen LogP contribution in [0.15, 0.2) is 29.2 Å². The Labute approximate surface area is 103 Å². The van der Waals surface area contributed by atoms with Crippen molar-refractivity contribution in [2.75, 3.05) is 0 Å². The molecule has 1 aromatic carbocycles. The van der Waals surface area contributed by atoms with Crippen LogP contribution in [0, 0.1) is 6.92 Å². The Morgan fingerprint density at radius 3 is 2.53 bits per heavy atom. The predicted molar refractivity (Wildman–Crippen MR) is 64.2 cm³/mol. The number of hydrogen-bond donors (Lipinski definition) is 0. The van der Waals surface area contributed by atoms with Crippen LogP contribution in [0.5, 0.6) is 0 Å². The fourth-order valence-corrected chi connectivity index (χ4v) is 2.24. The second-order valence-corrected chi connectivity index (χ2v) is 6.16. The third-order valence-corrected chi connectivity index (χ3v) is 3.82. The smallest absolute Gasteiger partial charge is 0.261 e. The van der Waals surface area contributed by atoms with Crippen LogP contribution in [0.2, 0.25) is 0 Å². The van der Waals surface area contributed by atoms with Crippen LogP contribution in [0.3, 0.4) is 0 Å². The molecule has 0 aliphatic rings. The first-order chi connectivity index (χ1) is 7.89. The molecule has 0 bridgehead atoms. The van der Waals surface area contributed by atoms with E-state index in [1.165, 1.54) is 12.1 Å². The minimum absolute atomic E-state index is 0.0531. The van der Waals surface area contributed by atoms with E-state index in [-0.39, 0.29) is 4.90 Å². The molecule has 0 spiro atoms. The number of halogens is 1. The molecule has 0 atom stereocenters. The van der Waals surface area contributed by atoms with Gasteiger partial charge in [-0.1, -0.05) is 12.1 Å². The second kappa shape index (κ2) is 4.12. The van der Waals surface area contributed by atoms with E-state index in [2.05, 4.69) is 10.2 Å². The van der Waals surface area contributed by atoms with E-state index >= 15 is 0 Å². The Bertz CT molecular complexity index is 664. The Hall–Kier alpha value is -1.40. The summed E-state index contributed by atoms with van der Waals surface area (Å²) in [6, 6.07) is 6.30. The highest BCUT2D eigenvalue weighted by Crippen LogP contribution is 2.22. The number of benzene rings is 1. The van der Waals surface area contributed by atoms with Gasteiger partial charge in [0.15, 0.2) is 5.82 Å². The van der Waals surface area contributed by atoms with Crippen molar-refractivity contribution < 1.29 is 8.42 Å². The zero-order valence-electron chi connectivity index (χ0n) is 9.25. The quantitative estimate of drug-likeness (QED) is 0.780. The zero-order chi connectivity index (χ0) is 12.6. The lowest BCUT2D eigenvalue weighted by Crippen LogP contribution is -1.96. The largest absolute Gasteiger partial charge is 0.314 e. The molecule has 0 saturated carbocycles. The molecule has 1 aromatic heterocycles. The SMILES string of the molecule is Cc1nnc(-c2cccc(S(=O)(=O)Cl)c2)n1C. The first-order valence-electron chi connectivity index (χ1n) is 4.80. The summed E-state index contributed by atoms with van der Waals surface area (Å²) in [5.41, 5.74) is 0.662. The van der Waals surface area contributed by atoms with E-state index in [1.807, 2.05) is 14.0 Å². The van der Waals surface area contributed by atoms with E-state index < -0.39 is 9.05 Å². The minimum Gasteiger partial charge on any atom is -0.314 e. The summed E-state index contributed by atoms with van der Waals surface area (Å²) >= 11 is 0. The van der Waals surface area contributed by atoms with Crippen LogP contribution in [0.1, 0.15) is 5.82 Å². The van der Waals surface area contributed by atoms with Gasteiger partial charge in [0.25, 0.3) is 9.05 Å². The van der Waals surface area contributed by atoms with Crippen molar-refractivity contribution in [2.45, 2.75) is 11.8 Å². The highest BCUT2D eigenvalue weighted by molar-refractivity contribution is 8.13. The topological polar surface area (TPSA) is 64.8 Å². The highest BCUT2D eigenvalue weighted by Gasteiger charge is 2.13. The van der Waals surface area contributed by atoms with Gasteiger partial charge in [0.05, 0.1) is 4.90 Å². The van der Waals surface area contributed by atoms with Gasteiger partial charge in [-0.15, -0.1) is 10.2 Å². The van der Waals surface area contributed by atoms with Gasteiger partial charge in [0, 0.05) is 23.3 Å². The molecule has 5 nitrogen and oxygen atoms in total. The van der Waals surface area contributed by atoms with Gasteiger partial charge < -0.3 is 4.57 Å². The van der Waals surface area contributed by atoms with Crippen LogP contribution in [0.4, 0.5) is 0 Å². The first-order valence-corrected chi connectivity index (χ1v) is 7.11. The molecule has 0 unspecified atom stereocenters. The summed E-state index contributed by atoms with van der Waals surface area (Å²) in [5.74, 6) is 1.35. The Kier molecular flexibility index (Phi) is 2.92. The number of nitrogens with zero attached hydrogens (tertiary/aromatic N) is 3. The minimum atomic E-state index is -3.72. The maximum Gasteiger partial charge on any atom is 0.261 e. The van der Waals surface area contributed by atoms with Crippen LogP contribution >= 0.6 is 10.7 Å². The van der Waals surface area contributed by atoms with Crippen LogP contribution in [-0.4, -0.2) is 23.2 Å². The van der Waals surface area contributed by atoms with E-state index in [0.717, 1.165) is 5.82 Å². The van der Waals surface area contributed by atoms with Gasteiger partial charge in [-0.05, 0) is 19.1 Å². The fourth-order valence-electron chi connectivity index (χ4n) is 1.45. The Balaban J connectivity index is 2.58. The summed E-state index contributed by atoms with van der Waals surface area (Å²) in [4.78, 5) is 0.0531. The normalized spacial score (nSPS) is 11.7. The van der Waals surface area contributed by atoms with Crippen molar-refractivity contribution in [1.82, 2.24) is 14.8 Å². The Morgan fingerprint density at radius 1 is 1.29 bits per heavy atom. The summed E-state index contributed by atoms with van der Waals surface area (Å²) in [6.07, 6.45) is 0. The summed E-state index contributed by atoms with van der Waals surface area (Å²) in [7, 11) is 3.38. The monoisotopic (exact) mass is 271 g/mol. The van der Waals surface area contributed by atoms with Crippen LogP contribution in [0.25, 0.3) is 11.4 Å². The molecule has 0 fully saturated rings. The molecule has 2 rings (SSSR count). The lowest BCUT2D eigenvalue weighted by atomic mass is 10.2. The lowest BCUT2D eigenvalue weighted by Gasteiger charge is -2.03. The number of aromatic nitrogens is 3. The van der Waals surface area contributed by atoms with Crippen LogP contribution in [-0.2, 0) is 16.1 Å². The molecule has 0 N–H and O–H groups in total. The molecule has 0 radical (unpaired) electrons. The molecule has 7 heteroatoms. The maximum absolute atomic E-state index is 11.2. The van der Waals surface area contributed by atoms with E-state index in [1.54, 1.807) is 16.7 Å². The molecule has 2 aromatic rings. The van der Waals surface area contributed by atoms with Crippen molar-refractivity contribution in [3.05, 3.63) is 30.1 Å². The van der Waals surface area contributed by atoms with Crippen molar-refractivity contribution >= 4 is 19.7 Å². The summed E-state index contributed by atoms with van der Waals surface area (Å²) in [6.45, 7) is 1.82. The summed E-state index contributed by atoms with van der Waals surface area (Å²) in [5, 5.41) is 7.90. The predicted octanol–water partition coefficient (Wildman–Crippen LogP) is 1.72. The summed E-state index contributed by atoms with van der Waals surface area (Å²) < 4.78 is 24.2. The molecule has 17 heavy (non-hydrogen) atoms. The average molecular weight is 272 g/mol.